The molecule has 0 saturated carbocycles. The molecule has 3 N–H and O–H groups in total. The molecule has 0 aliphatic heterocycles. The molecular weight excluding hydrogens is 164 g/mol. The van der Waals surface area contributed by atoms with E-state index in [4.69, 9.17) is 5.73 Å². The Labute approximate surface area is 77.9 Å². The molecule has 1 unspecified atom stereocenters. The second-order valence-electron chi connectivity index (χ2n) is 3.01. The lowest BCUT2D eigenvalue weighted by atomic mass is 10.0. The summed E-state index contributed by atoms with van der Waals surface area (Å²) in [5.41, 5.74) is 7.66. The average molecular weight is 178 g/mol. The van der Waals surface area contributed by atoms with Gasteiger partial charge in [-0.25, -0.2) is 0 Å². The zero-order chi connectivity index (χ0) is 9.84. The van der Waals surface area contributed by atoms with Gasteiger partial charge in [-0.2, -0.15) is 0 Å². The van der Waals surface area contributed by atoms with Crippen LogP contribution in [0.15, 0.2) is 24.3 Å². The van der Waals surface area contributed by atoms with Crippen molar-refractivity contribution in [2.24, 2.45) is 5.73 Å². The predicted molar refractivity (Wildman–Crippen MR) is 52.2 cm³/mol. The molecule has 1 aromatic carbocycles. The van der Waals surface area contributed by atoms with Crippen molar-refractivity contribution in [1.29, 1.82) is 0 Å². The van der Waals surface area contributed by atoms with Crippen LogP contribution in [0.25, 0.3) is 0 Å². The van der Waals surface area contributed by atoms with Crippen molar-refractivity contribution in [1.82, 2.24) is 5.32 Å². The van der Waals surface area contributed by atoms with Crippen LogP contribution in [-0.4, -0.2) is 13.0 Å². The molecule has 0 aliphatic rings. The highest BCUT2D eigenvalue weighted by Gasteiger charge is 2.13. The number of carbonyl (C=O) groups excluding carboxylic acids is 1. The average Bonchev–Trinajstić information content (AvgIpc) is 2.15. The Bertz CT molecular complexity index is 310. The van der Waals surface area contributed by atoms with Crippen LogP contribution < -0.4 is 11.1 Å². The minimum Gasteiger partial charge on any atom is -0.358 e. The van der Waals surface area contributed by atoms with Gasteiger partial charge in [0.25, 0.3) is 0 Å². The number of nitrogens with two attached hydrogens (primary N) is 1. The van der Waals surface area contributed by atoms with Crippen molar-refractivity contribution in [2.45, 2.75) is 13.0 Å². The van der Waals surface area contributed by atoms with E-state index in [1.54, 1.807) is 7.05 Å². The molecule has 0 bridgehead atoms. The number of amides is 1. The number of nitrogens with one attached hydrogen (secondary N) is 1. The number of rotatable bonds is 2. The molecule has 0 spiro atoms. The zero-order valence-corrected chi connectivity index (χ0v) is 7.87. The number of carbonyl (C=O) groups is 1. The monoisotopic (exact) mass is 178 g/mol. The number of benzene rings is 1. The van der Waals surface area contributed by atoms with Crippen LogP contribution in [0.4, 0.5) is 0 Å². The van der Waals surface area contributed by atoms with Crippen LogP contribution in [-0.2, 0) is 4.79 Å². The van der Waals surface area contributed by atoms with Gasteiger partial charge in [0.1, 0.15) is 6.04 Å². The first-order valence-electron chi connectivity index (χ1n) is 4.19. The molecule has 1 atom stereocenters. The van der Waals surface area contributed by atoms with E-state index in [9.17, 15) is 4.79 Å². The van der Waals surface area contributed by atoms with Crippen molar-refractivity contribution in [3.8, 4) is 0 Å². The van der Waals surface area contributed by atoms with Gasteiger partial charge in [0.2, 0.25) is 5.91 Å². The minimum absolute atomic E-state index is 0.161. The molecule has 0 fully saturated rings. The lowest BCUT2D eigenvalue weighted by Crippen LogP contribution is -2.31. The molecule has 0 radical (unpaired) electrons. The van der Waals surface area contributed by atoms with Crippen molar-refractivity contribution in [2.75, 3.05) is 7.05 Å². The second kappa shape index (κ2) is 4.05. The fraction of sp³-hybridized carbons (Fsp3) is 0.300. The highest BCUT2D eigenvalue weighted by atomic mass is 16.2. The quantitative estimate of drug-likeness (QED) is 0.701. The summed E-state index contributed by atoms with van der Waals surface area (Å²) in [6.07, 6.45) is 0. The van der Waals surface area contributed by atoms with E-state index in [0.717, 1.165) is 11.1 Å². The third-order valence-corrected chi connectivity index (χ3v) is 1.93. The Hall–Kier alpha value is -1.35. The van der Waals surface area contributed by atoms with Gasteiger partial charge >= 0.3 is 0 Å². The van der Waals surface area contributed by atoms with E-state index in [2.05, 4.69) is 5.32 Å². The standard InChI is InChI=1S/C10H14N2O/c1-7-4-3-5-8(6-7)9(11)10(13)12-2/h3-6,9H,11H2,1-2H3,(H,12,13). The summed E-state index contributed by atoms with van der Waals surface area (Å²) in [6, 6.07) is 7.07. The summed E-state index contributed by atoms with van der Waals surface area (Å²) in [5.74, 6) is -0.161. The molecule has 70 valence electrons. The zero-order valence-electron chi connectivity index (χ0n) is 7.87. The number of aryl methyl sites for hydroxylation is 1. The van der Waals surface area contributed by atoms with E-state index < -0.39 is 6.04 Å². The molecule has 1 aromatic rings. The van der Waals surface area contributed by atoms with Gasteiger partial charge in [-0.15, -0.1) is 0 Å². The smallest absolute Gasteiger partial charge is 0.241 e. The van der Waals surface area contributed by atoms with Crippen LogP contribution in [0.3, 0.4) is 0 Å². The molecule has 13 heavy (non-hydrogen) atoms. The molecule has 0 aromatic heterocycles. The van der Waals surface area contributed by atoms with Gasteiger partial charge in [0.15, 0.2) is 0 Å². The van der Waals surface area contributed by atoms with Crippen LogP contribution in [0.2, 0.25) is 0 Å². The first-order valence-corrected chi connectivity index (χ1v) is 4.19. The summed E-state index contributed by atoms with van der Waals surface area (Å²) < 4.78 is 0. The first kappa shape index (κ1) is 9.74. The first-order chi connectivity index (χ1) is 6.15. The third kappa shape index (κ3) is 2.29. The molecule has 0 aliphatic carbocycles. The molecule has 1 amide bonds. The summed E-state index contributed by atoms with van der Waals surface area (Å²) in [5, 5.41) is 2.52. The number of hydrogen-bond donors (Lipinski definition) is 2. The van der Waals surface area contributed by atoms with Crippen molar-refractivity contribution >= 4 is 5.91 Å². The van der Waals surface area contributed by atoms with E-state index >= 15 is 0 Å². The largest absolute Gasteiger partial charge is 0.358 e. The SMILES string of the molecule is CNC(=O)C(N)c1cccc(C)c1. The van der Waals surface area contributed by atoms with Gasteiger partial charge in [0.05, 0.1) is 0 Å². The molecule has 3 nitrogen and oxygen atoms in total. The van der Waals surface area contributed by atoms with Gasteiger partial charge in [-0.1, -0.05) is 29.8 Å². The maximum Gasteiger partial charge on any atom is 0.241 e. The molecule has 3 heteroatoms. The predicted octanol–water partition coefficient (Wildman–Crippen LogP) is 0.741. The Kier molecular flexibility index (Phi) is 3.03. The molecule has 0 saturated heterocycles. The Balaban J connectivity index is 2.88. The van der Waals surface area contributed by atoms with E-state index in [0.29, 0.717) is 0 Å². The number of likely N-dealkylation sites (N-methyl/N-ethyl adjacent to an activating group) is 1. The van der Waals surface area contributed by atoms with E-state index in [-0.39, 0.29) is 5.91 Å². The maximum atomic E-state index is 11.2. The van der Waals surface area contributed by atoms with Crippen LogP contribution in [0.1, 0.15) is 17.2 Å². The number of hydrogen-bond acceptors (Lipinski definition) is 2. The normalized spacial score (nSPS) is 12.2. The highest BCUT2D eigenvalue weighted by Crippen LogP contribution is 2.11. The maximum absolute atomic E-state index is 11.2. The van der Waals surface area contributed by atoms with Crippen molar-refractivity contribution < 1.29 is 4.79 Å². The highest BCUT2D eigenvalue weighted by molar-refractivity contribution is 5.82. The van der Waals surface area contributed by atoms with Gasteiger partial charge in [-0.3, -0.25) is 4.79 Å². The van der Waals surface area contributed by atoms with E-state index in [1.165, 1.54) is 0 Å². The van der Waals surface area contributed by atoms with Gasteiger partial charge in [-0.05, 0) is 12.5 Å². The second-order valence-corrected chi connectivity index (χ2v) is 3.01. The van der Waals surface area contributed by atoms with Crippen LogP contribution in [0, 0.1) is 6.92 Å². The molecule has 0 heterocycles. The summed E-state index contributed by atoms with van der Waals surface area (Å²) in [7, 11) is 1.58. The van der Waals surface area contributed by atoms with Gasteiger partial charge < -0.3 is 11.1 Å². The summed E-state index contributed by atoms with van der Waals surface area (Å²) >= 11 is 0. The Morgan fingerprint density at radius 2 is 2.23 bits per heavy atom. The Morgan fingerprint density at radius 1 is 1.54 bits per heavy atom. The fourth-order valence-corrected chi connectivity index (χ4v) is 1.17. The van der Waals surface area contributed by atoms with Crippen LogP contribution >= 0.6 is 0 Å². The topological polar surface area (TPSA) is 55.1 Å². The third-order valence-electron chi connectivity index (χ3n) is 1.93. The molecular formula is C10H14N2O. The minimum atomic E-state index is -0.565. The molecule has 1 rings (SSSR count). The van der Waals surface area contributed by atoms with E-state index in [1.807, 2.05) is 31.2 Å². The summed E-state index contributed by atoms with van der Waals surface area (Å²) in [4.78, 5) is 11.2. The van der Waals surface area contributed by atoms with Crippen molar-refractivity contribution in [3.05, 3.63) is 35.4 Å². The van der Waals surface area contributed by atoms with Crippen LogP contribution in [0.5, 0.6) is 0 Å². The lowest BCUT2D eigenvalue weighted by Gasteiger charge is -2.10. The summed E-state index contributed by atoms with van der Waals surface area (Å²) in [6.45, 7) is 1.97. The Morgan fingerprint density at radius 3 is 2.77 bits per heavy atom. The fourth-order valence-electron chi connectivity index (χ4n) is 1.17. The van der Waals surface area contributed by atoms with Gasteiger partial charge in [0, 0.05) is 7.05 Å². The van der Waals surface area contributed by atoms with Crippen molar-refractivity contribution in [3.63, 3.8) is 0 Å². The lowest BCUT2D eigenvalue weighted by molar-refractivity contribution is -0.121.